The van der Waals surface area contributed by atoms with Gasteiger partial charge >= 0.3 is 0 Å². The van der Waals surface area contributed by atoms with Crippen LogP contribution in [0.5, 0.6) is 11.5 Å². The number of halogens is 2. The number of aliphatic hydroxyl groups is 1. The van der Waals surface area contributed by atoms with Gasteiger partial charge in [-0.3, -0.25) is 4.90 Å². The first-order valence-corrected chi connectivity index (χ1v) is 8.51. The Balaban J connectivity index is 2.27. The fraction of sp³-hybridized carbons (Fsp3) is 0.368. The van der Waals surface area contributed by atoms with Gasteiger partial charge in [-0.05, 0) is 41.8 Å². The number of aliphatic hydroxyl groups excluding tert-OH is 1. The Labute approximate surface area is 152 Å². The van der Waals surface area contributed by atoms with Crippen molar-refractivity contribution in [2.45, 2.75) is 32.5 Å². The predicted octanol–water partition coefficient (Wildman–Crippen LogP) is 3.97. The minimum atomic E-state index is -0.278. The average Bonchev–Trinajstić information content (AvgIpc) is 2.60. The lowest BCUT2D eigenvalue weighted by molar-refractivity contribution is 0.106. The molecule has 0 spiro atoms. The Hall–Kier alpha value is -1.82. The summed E-state index contributed by atoms with van der Waals surface area (Å²) < 4.78 is 18.3. The molecule has 0 heterocycles. The third-order valence-corrected chi connectivity index (χ3v) is 4.48. The topological polar surface area (TPSA) is 52.9 Å². The molecule has 0 saturated heterocycles. The molecule has 2 N–H and O–H groups in total. The summed E-state index contributed by atoms with van der Waals surface area (Å²) in [7, 11) is 1.47. The van der Waals surface area contributed by atoms with Crippen molar-refractivity contribution in [2.24, 2.45) is 0 Å². The molecule has 0 saturated carbocycles. The number of rotatable bonds is 8. The van der Waals surface area contributed by atoms with E-state index in [0.29, 0.717) is 18.8 Å². The van der Waals surface area contributed by atoms with E-state index in [4.69, 9.17) is 16.3 Å². The fourth-order valence-corrected chi connectivity index (χ4v) is 2.98. The van der Waals surface area contributed by atoms with E-state index >= 15 is 0 Å². The van der Waals surface area contributed by atoms with Gasteiger partial charge in [0.25, 0.3) is 0 Å². The molecule has 0 fully saturated rings. The summed E-state index contributed by atoms with van der Waals surface area (Å²) in [5.74, 6) is -0.0620. The van der Waals surface area contributed by atoms with Crippen molar-refractivity contribution < 1.29 is 19.3 Å². The summed E-state index contributed by atoms with van der Waals surface area (Å²) >= 11 is 6.07. The highest BCUT2D eigenvalue weighted by Gasteiger charge is 2.19. The van der Waals surface area contributed by atoms with E-state index in [9.17, 15) is 14.6 Å². The van der Waals surface area contributed by atoms with Crippen molar-refractivity contribution in [1.82, 2.24) is 4.90 Å². The molecule has 1 atom stereocenters. The number of methoxy groups -OCH3 is 1. The van der Waals surface area contributed by atoms with Crippen molar-refractivity contribution >= 4 is 11.6 Å². The van der Waals surface area contributed by atoms with Gasteiger partial charge in [0.05, 0.1) is 18.7 Å². The molecule has 0 aliphatic heterocycles. The minimum Gasteiger partial charge on any atom is -0.503 e. The van der Waals surface area contributed by atoms with E-state index in [1.807, 2.05) is 6.92 Å². The van der Waals surface area contributed by atoms with Crippen molar-refractivity contribution in [2.75, 3.05) is 13.7 Å². The van der Waals surface area contributed by atoms with Crippen LogP contribution < -0.4 is 4.74 Å². The lowest BCUT2D eigenvalue weighted by Crippen LogP contribution is -2.36. The summed E-state index contributed by atoms with van der Waals surface area (Å²) in [5.41, 5.74) is 1.80. The van der Waals surface area contributed by atoms with Crippen molar-refractivity contribution in [3.8, 4) is 11.5 Å². The van der Waals surface area contributed by atoms with E-state index in [-0.39, 0.29) is 29.2 Å². The molecule has 0 radical (unpaired) electrons. The Bertz CT molecular complexity index is 690. The largest absolute Gasteiger partial charge is 0.503 e. The van der Waals surface area contributed by atoms with Crippen LogP contribution in [0.4, 0.5) is 4.39 Å². The predicted molar refractivity (Wildman–Crippen MR) is 96.5 cm³/mol. The van der Waals surface area contributed by atoms with E-state index in [1.54, 1.807) is 24.3 Å². The van der Waals surface area contributed by atoms with Crippen LogP contribution in [0.2, 0.25) is 5.02 Å². The number of nitrogens with zero attached hydrogens (tertiary/aromatic N) is 1. The van der Waals surface area contributed by atoms with Gasteiger partial charge in [0.2, 0.25) is 0 Å². The molecule has 0 amide bonds. The quantitative estimate of drug-likeness (QED) is 0.741. The number of hydrogen-bond acceptors (Lipinski definition) is 4. The second-order valence-corrected chi connectivity index (χ2v) is 6.31. The number of hydrogen-bond donors (Lipinski definition) is 2. The summed E-state index contributed by atoms with van der Waals surface area (Å²) in [5, 5.41) is 19.8. The molecular formula is C19H23ClFNO3. The van der Waals surface area contributed by atoms with Gasteiger partial charge in [0.15, 0.2) is 11.5 Å². The number of phenolic OH excluding ortho intramolecular Hbond substituents is 1. The first-order valence-electron chi connectivity index (χ1n) is 8.13. The summed E-state index contributed by atoms with van der Waals surface area (Å²) in [6, 6.07) is 9.67. The molecule has 1 unspecified atom stereocenters. The Morgan fingerprint density at radius 2 is 1.80 bits per heavy atom. The first-order chi connectivity index (χ1) is 12.0. The van der Waals surface area contributed by atoms with Crippen LogP contribution in [0, 0.1) is 5.82 Å². The average molecular weight is 368 g/mol. The highest BCUT2D eigenvalue weighted by Crippen LogP contribution is 2.35. The second kappa shape index (κ2) is 9.04. The molecule has 0 aromatic heterocycles. The molecule has 0 aliphatic carbocycles. The van der Waals surface area contributed by atoms with E-state index < -0.39 is 0 Å². The van der Waals surface area contributed by atoms with Crippen molar-refractivity contribution in [3.05, 3.63) is 58.4 Å². The van der Waals surface area contributed by atoms with Crippen LogP contribution in [0.25, 0.3) is 0 Å². The van der Waals surface area contributed by atoms with Gasteiger partial charge in [0.1, 0.15) is 5.82 Å². The smallest absolute Gasteiger partial charge is 0.176 e. The third-order valence-electron chi connectivity index (χ3n) is 4.19. The molecule has 4 nitrogen and oxygen atoms in total. The monoisotopic (exact) mass is 367 g/mol. The Morgan fingerprint density at radius 3 is 2.36 bits per heavy atom. The summed E-state index contributed by atoms with van der Waals surface area (Å²) in [6.07, 6.45) is 0.765. The van der Waals surface area contributed by atoms with E-state index in [2.05, 4.69) is 4.90 Å². The molecule has 2 rings (SSSR count). The van der Waals surface area contributed by atoms with Crippen LogP contribution in [-0.2, 0) is 13.1 Å². The molecular weight excluding hydrogens is 345 g/mol. The van der Waals surface area contributed by atoms with E-state index in [1.165, 1.54) is 19.2 Å². The van der Waals surface area contributed by atoms with Gasteiger partial charge in [-0.1, -0.05) is 30.7 Å². The lowest BCUT2D eigenvalue weighted by atomic mass is 10.1. The zero-order valence-electron chi connectivity index (χ0n) is 14.4. The van der Waals surface area contributed by atoms with Crippen LogP contribution >= 0.6 is 11.6 Å². The SMILES string of the molecule is CCC(CO)N(Cc1ccc(F)cc1)Cc1cc(Cl)c(O)c(OC)c1. The highest BCUT2D eigenvalue weighted by molar-refractivity contribution is 6.32. The van der Waals surface area contributed by atoms with Crippen molar-refractivity contribution in [1.29, 1.82) is 0 Å². The maximum absolute atomic E-state index is 13.1. The molecule has 0 aliphatic rings. The van der Waals surface area contributed by atoms with E-state index in [0.717, 1.165) is 17.5 Å². The molecule has 25 heavy (non-hydrogen) atoms. The number of phenols is 1. The van der Waals surface area contributed by atoms with Crippen molar-refractivity contribution in [3.63, 3.8) is 0 Å². The summed E-state index contributed by atoms with van der Waals surface area (Å²) in [6.45, 7) is 3.08. The number of ether oxygens (including phenoxy) is 1. The third kappa shape index (κ3) is 5.08. The Morgan fingerprint density at radius 1 is 1.16 bits per heavy atom. The maximum Gasteiger partial charge on any atom is 0.176 e. The van der Waals surface area contributed by atoms with Gasteiger partial charge < -0.3 is 14.9 Å². The standard InChI is InChI=1S/C19H23ClFNO3/c1-3-16(12-23)22(10-13-4-6-15(21)7-5-13)11-14-8-17(20)19(24)18(9-14)25-2/h4-9,16,23-24H,3,10-12H2,1-2H3. The zero-order valence-corrected chi connectivity index (χ0v) is 15.1. The van der Waals surface area contributed by atoms with Crippen LogP contribution in [-0.4, -0.2) is 34.9 Å². The van der Waals surface area contributed by atoms with Gasteiger partial charge in [-0.15, -0.1) is 0 Å². The van der Waals surface area contributed by atoms with Gasteiger partial charge in [0, 0.05) is 19.1 Å². The van der Waals surface area contributed by atoms with Crippen LogP contribution in [0.3, 0.4) is 0 Å². The fourth-order valence-electron chi connectivity index (χ4n) is 2.75. The van der Waals surface area contributed by atoms with Gasteiger partial charge in [-0.25, -0.2) is 4.39 Å². The molecule has 2 aromatic rings. The normalized spacial score (nSPS) is 12.4. The van der Waals surface area contributed by atoms with Crippen LogP contribution in [0.1, 0.15) is 24.5 Å². The van der Waals surface area contributed by atoms with Gasteiger partial charge in [-0.2, -0.15) is 0 Å². The molecule has 2 aromatic carbocycles. The number of aromatic hydroxyl groups is 1. The molecule has 6 heteroatoms. The molecule has 0 bridgehead atoms. The zero-order chi connectivity index (χ0) is 18.4. The minimum absolute atomic E-state index is 0.0145. The Kier molecular flexibility index (Phi) is 7.05. The second-order valence-electron chi connectivity index (χ2n) is 5.90. The highest BCUT2D eigenvalue weighted by atomic mass is 35.5. The first kappa shape index (κ1) is 19.5. The summed E-state index contributed by atoms with van der Waals surface area (Å²) in [4.78, 5) is 2.09. The lowest BCUT2D eigenvalue weighted by Gasteiger charge is -2.30. The van der Waals surface area contributed by atoms with Crippen LogP contribution in [0.15, 0.2) is 36.4 Å². The number of benzene rings is 2. The molecule has 136 valence electrons. The maximum atomic E-state index is 13.1.